The van der Waals surface area contributed by atoms with Gasteiger partial charge in [0.2, 0.25) is 5.89 Å². The summed E-state index contributed by atoms with van der Waals surface area (Å²) in [5.41, 5.74) is 4.05. The summed E-state index contributed by atoms with van der Waals surface area (Å²) in [4.78, 5) is 4.45. The van der Waals surface area contributed by atoms with E-state index in [0.29, 0.717) is 16.7 Å². The monoisotopic (exact) mass is 429 g/mol. The summed E-state index contributed by atoms with van der Waals surface area (Å²) in [5, 5.41) is 11.3. The standard InChI is InChI=1S/C24H16ClN3OS/c25-20-11-9-17(10-12-20)21-15-26-23(29-21)18-7-4-8-19(14-18)24-28-27-22(30-24)13-16-5-2-1-3-6-16/h1-12,14-15H,13H2. The summed E-state index contributed by atoms with van der Waals surface area (Å²) in [6, 6.07) is 25.8. The minimum absolute atomic E-state index is 0.566. The van der Waals surface area contributed by atoms with Gasteiger partial charge in [-0.3, -0.25) is 0 Å². The van der Waals surface area contributed by atoms with Crippen molar-refractivity contribution in [1.29, 1.82) is 0 Å². The lowest BCUT2D eigenvalue weighted by Crippen LogP contribution is -1.85. The highest BCUT2D eigenvalue weighted by Gasteiger charge is 2.12. The van der Waals surface area contributed by atoms with Gasteiger partial charge in [0.15, 0.2) is 5.76 Å². The average molecular weight is 430 g/mol. The minimum atomic E-state index is 0.566. The van der Waals surface area contributed by atoms with E-state index in [1.807, 2.05) is 66.7 Å². The molecule has 2 aromatic heterocycles. The number of nitrogens with zero attached hydrogens (tertiary/aromatic N) is 3. The fraction of sp³-hybridized carbons (Fsp3) is 0.0417. The van der Waals surface area contributed by atoms with Crippen molar-refractivity contribution in [2.75, 3.05) is 0 Å². The zero-order chi connectivity index (χ0) is 20.3. The second-order valence-electron chi connectivity index (χ2n) is 6.78. The van der Waals surface area contributed by atoms with E-state index in [1.165, 1.54) is 5.56 Å². The number of benzene rings is 3. The Morgan fingerprint density at radius 1 is 0.800 bits per heavy atom. The summed E-state index contributed by atoms with van der Waals surface area (Å²) < 4.78 is 5.98. The van der Waals surface area contributed by atoms with E-state index in [0.717, 1.165) is 33.1 Å². The molecule has 146 valence electrons. The zero-order valence-electron chi connectivity index (χ0n) is 15.8. The van der Waals surface area contributed by atoms with Crippen molar-refractivity contribution in [2.24, 2.45) is 0 Å². The van der Waals surface area contributed by atoms with E-state index in [4.69, 9.17) is 16.0 Å². The Labute approximate surface area is 182 Å². The molecule has 0 aliphatic carbocycles. The molecular formula is C24H16ClN3OS. The molecule has 0 N–H and O–H groups in total. The summed E-state index contributed by atoms with van der Waals surface area (Å²) in [7, 11) is 0. The van der Waals surface area contributed by atoms with Gasteiger partial charge in [0, 0.05) is 28.1 Å². The molecule has 3 aromatic carbocycles. The highest BCUT2D eigenvalue weighted by Crippen LogP contribution is 2.31. The lowest BCUT2D eigenvalue weighted by Gasteiger charge is -2.00. The Kier molecular flexibility index (Phi) is 5.13. The van der Waals surface area contributed by atoms with Crippen LogP contribution in [-0.4, -0.2) is 15.2 Å². The molecule has 6 heteroatoms. The van der Waals surface area contributed by atoms with Gasteiger partial charge in [-0.1, -0.05) is 65.4 Å². The maximum absolute atomic E-state index is 5.98. The molecule has 0 aliphatic heterocycles. The Morgan fingerprint density at radius 2 is 1.60 bits per heavy atom. The molecule has 2 heterocycles. The molecule has 0 saturated carbocycles. The number of aromatic nitrogens is 3. The summed E-state index contributed by atoms with van der Waals surface area (Å²) in [6.07, 6.45) is 2.51. The number of hydrogen-bond acceptors (Lipinski definition) is 5. The van der Waals surface area contributed by atoms with E-state index in [9.17, 15) is 0 Å². The second kappa shape index (κ2) is 8.22. The Morgan fingerprint density at radius 3 is 2.43 bits per heavy atom. The zero-order valence-corrected chi connectivity index (χ0v) is 17.4. The molecule has 0 spiro atoms. The van der Waals surface area contributed by atoms with Gasteiger partial charge in [-0.25, -0.2) is 4.98 Å². The first-order chi connectivity index (χ1) is 14.7. The van der Waals surface area contributed by atoms with Crippen molar-refractivity contribution >= 4 is 22.9 Å². The van der Waals surface area contributed by atoms with E-state index in [1.54, 1.807) is 17.5 Å². The number of halogens is 1. The largest absolute Gasteiger partial charge is 0.436 e. The van der Waals surface area contributed by atoms with Crippen LogP contribution in [0.25, 0.3) is 33.3 Å². The molecule has 30 heavy (non-hydrogen) atoms. The van der Waals surface area contributed by atoms with Crippen LogP contribution in [0.5, 0.6) is 0 Å². The molecule has 0 unspecified atom stereocenters. The van der Waals surface area contributed by atoms with Crippen molar-refractivity contribution in [1.82, 2.24) is 15.2 Å². The fourth-order valence-corrected chi connectivity index (χ4v) is 4.15. The van der Waals surface area contributed by atoms with Crippen molar-refractivity contribution in [3.8, 4) is 33.3 Å². The van der Waals surface area contributed by atoms with Gasteiger partial charge >= 0.3 is 0 Å². The van der Waals surface area contributed by atoms with Gasteiger partial charge in [0.25, 0.3) is 0 Å². The molecule has 0 radical (unpaired) electrons. The highest BCUT2D eigenvalue weighted by atomic mass is 35.5. The minimum Gasteiger partial charge on any atom is -0.436 e. The molecule has 5 aromatic rings. The first-order valence-corrected chi connectivity index (χ1v) is 10.6. The number of hydrogen-bond donors (Lipinski definition) is 0. The van der Waals surface area contributed by atoms with Gasteiger partial charge in [-0.05, 0) is 42.0 Å². The first kappa shape index (κ1) is 18.7. The third-order valence-corrected chi connectivity index (χ3v) is 5.88. The van der Waals surface area contributed by atoms with Crippen LogP contribution in [0.15, 0.2) is 89.5 Å². The normalized spacial score (nSPS) is 11.0. The SMILES string of the molecule is Clc1ccc(-c2cnc(-c3cccc(-c4nnc(Cc5ccccc5)s4)c3)o2)cc1. The van der Waals surface area contributed by atoms with Crippen LogP contribution in [0.3, 0.4) is 0 Å². The van der Waals surface area contributed by atoms with Gasteiger partial charge in [0.05, 0.1) is 6.20 Å². The second-order valence-corrected chi connectivity index (χ2v) is 8.28. The molecule has 4 nitrogen and oxygen atoms in total. The third kappa shape index (κ3) is 4.03. The molecule has 0 saturated heterocycles. The highest BCUT2D eigenvalue weighted by molar-refractivity contribution is 7.14. The van der Waals surface area contributed by atoms with Gasteiger partial charge < -0.3 is 4.42 Å². The average Bonchev–Trinajstić information content (AvgIpc) is 3.45. The first-order valence-electron chi connectivity index (χ1n) is 9.43. The summed E-state index contributed by atoms with van der Waals surface area (Å²) in [5.74, 6) is 1.27. The van der Waals surface area contributed by atoms with Crippen LogP contribution in [0.1, 0.15) is 10.6 Å². The van der Waals surface area contributed by atoms with Crippen molar-refractivity contribution in [3.63, 3.8) is 0 Å². The van der Waals surface area contributed by atoms with Crippen LogP contribution < -0.4 is 0 Å². The molecular weight excluding hydrogens is 414 g/mol. The molecule has 0 bridgehead atoms. The molecule has 0 amide bonds. The molecule has 0 fully saturated rings. The number of rotatable bonds is 5. The predicted molar refractivity (Wildman–Crippen MR) is 121 cm³/mol. The Bertz CT molecular complexity index is 1280. The van der Waals surface area contributed by atoms with Gasteiger partial charge in [-0.15, -0.1) is 10.2 Å². The lowest BCUT2D eigenvalue weighted by molar-refractivity contribution is 0.589. The van der Waals surface area contributed by atoms with Crippen molar-refractivity contribution in [3.05, 3.63) is 101 Å². The lowest BCUT2D eigenvalue weighted by atomic mass is 10.1. The van der Waals surface area contributed by atoms with Gasteiger partial charge in [-0.2, -0.15) is 0 Å². The van der Waals surface area contributed by atoms with Crippen LogP contribution in [0.2, 0.25) is 5.02 Å². The van der Waals surface area contributed by atoms with E-state index < -0.39 is 0 Å². The van der Waals surface area contributed by atoms with E-state index >= 15 is 0 Å². The third-order valence-electron chi connectivity index (χ3n) is 4.66. The van der Waals surface area contributed by atoms with Crippen LogP contribution in [0.4, 0.5) is 0 Å². The quantitative estimate of drug-likeness (QED) is 0.309. The molecule has 5 rings (SSSR count). The Balaban J connectivity index is 1.39. The van der Waals surface area contributed by atoms with Gasteiger partial charge in [0.1, 0.15) is 10.0 Å². The maximum atomic E-state index is 5.98. The summed E-state index contributed by atoms with van der Waals surface area (Å²) >= 11 is 7.57. The van der Waals surface area contributed by atoms with Crippen molar-refractivity contribution in [2.45, 2.75) is 6.42 Å². The smallest absolute Gasteiger partial charge is 0.226 e. The topological polar surface area (TPSA) is 51.8 Å². The van der Waals surface area contributed by atoms with E-state index in [-0.39, 0.29) is 0 Å². The predicted octanol–water partition coefficient (Wildman–Crippen LogP) is 6.77. The van der Waals surface area contributed by atoms with Crippen LogP contribution >= 0.6 is 22.9 Å². The van der Waals surface area contributed by atoms with E-state index in [2.05, 4.69) is 27.3 Å². The maximum Gasteiger partial charge on any atom is 0.226 e. The van der Waals surface area contributed by atoms with Crippen molar-refractivity contribution < 1.29 is 4.42 Å². The van der Waals surface area contributed by atoms with Crippen LogP contribution in [-0.2, 0) is 6.42 Å². The number of oxazole rings is 1. The molecule has 0 atom stereocenters. The Hall–Kier alpha value is -3.28. The fourth-order valence-electron chi connectivity index (χ4n) is 3.15. The summed E-state index contributed by atoms with van der Waals surface area (Å²) in [6.45, 7) is 0. The van der Waals surface area contributed by atoms with Crippen LogP contribution in [0, 0.1) is 0 Å². The molecule has 0 aliphatic rings.